The third kappa shape index (κ3) is 5.57. The van der Waals surface area contributed by atoms with Gasteiger partial charge in [0.2, 0.25) is 0 Å². The van der Waals surface area contributed by atoms with Crippen LogP contribution in [0.1, 0.15) is 18.9 Å². The highest BCUT2D eigenvalue weighted by Gasteiger charge is 2.04. The number of hydrogen-bond donors (Lipinski definition) is 2. The minimum absolute atomic E-state index is 0.249. The van der Waals surface area contributed by atoms with Crippen LogP contribution in [0.3, 0.4) is 0 Å². The van der Waals surface area contributed by atoms with E-state index < -0.39 is 0 Å². The van der Waals surface area contributed by atoms with Crippen molar-refractivity contribution in [2.45, 2.75) is 19.9 Å². The van der Waals surface area contributed by atoms with Gasteiger partial charge in [0.25, 0.3) is 0 Å². The summed E-state index contributed by atoms with van der Waals surface area (Å²) in [6, 6.07) is 11.6. The summed E-state index contributed by atoms with van der Waals surface area (Å²) >= 11 is 0. The zero-order chi connectivity index (χ0) is 15.6. The predicted molar refractivity (Wildman–Crippen MR) is 85.9 cm³/mol. The Morgan fingerprint density at radius 2 is 2.09 bits per heavy atom. The van der Waals surface area contributed by atoms with Gasteiger partial charge < -0.3 is 10.1 Å². The highest BCUT2D eigenvalue weighted by molar-refractivity contribution is 5.88. The average molecular weight is 302 g/mol. The van der Waals surface area contributed by atoms with Crippen LogP contribution in [0.2, 0.25) is 0 Å². The molecular formula is C16H22N4O2. The molecule has 2 N–H and O–H groups in total. The lowest BCUT2D eigenvalue weighted by atomic mass is 10.2. The summed E-state index contributed by atoms with van der Waals surface area (Å²) in [6.45, 7) is 4.56. The summed E-state index contributed by atoms with van der Waals surface area (Å²) in [5.41, 5.74) is 1.16. The molecule has 0 saturated heterocycles. The quantitative estimate of drug-likeness (QED) is 0.736. The first-order chi connectivity index (χ1) is 10.8. The van der Waals surface area contributed by atoms with E-state index in [1.807, 2.05) is 43.5 Å². The molecule has 0 aliphatic heterocycles. The normalized spacial score (nSPS) is 10.4. The van der Waals surface area contributed by atoms with Crippen LogP contribution in [0.15, 0.2) is 42.6 Å². The van der Waals surface area contributed by atoms with Gasteiger partial charge in [-0.05, 0) is 18.9 Å². The van der Waals surface area contributed by atoms with Crippen molar-refractivity contribution in [3.63, 3.8) is 0 Å². The monoisotopic (exact) mass is 302 g/mol. The molecule has 1 aromatic heterocycles. The van der Waals surface area contributed by atoms with Crippen LogP contribution in [0, 0.1) is 0 Å². The highest BCUT2D eigenvalue weighted by atomic mass is 16.5. The number of ether oxygens (including phenoxy) is 1. The van der Waals surface area contributed by atoms with E-state index >= 15 is 0 Å². The van der Waals surface area contributed by atoms with Gasteiger partial charge in [0.1, 0.15) is 0 Å². The third-order valence-electron chi connectivity index (χ3n) is 3.02. The molecule has 118 valence electrons. The van der Waals surface area contributed by atoms with Crippen LogP contribution in [0.5, 0.6) is 0 Å². The highest BCUT2D eigenvalue weighted by Crippen LogP contribution is 2.06. The molecule has 6 nitrogen and oxygen atoms in total. The molecule has 1 aromatic carbocycles. The topological polar surface area (TPSA) is 68.2 Å². The van der Waals surface area contributed by atoms with Crippen LogP contribution in [-0.4, -0.2) is 35.6 Å². The lowest BCUT2D eigenvalue weighted by molar-refractivity contribution is 0.145. The second kappa shape index (κ2) is 8.84. The Labute approximate surface area is 130 Å². The fraction of sp³-hybridized carbons (Fsp3) is 0.375. The van der Waals surface area contributed by atoms with E-state index in [1.54, 1.807) is 10.7 Å². The zero-order valence-electron chi connectivity index (χ0n) is 12.8. The fourth-order valence-corrected chi connectivity index (χ4v) is 1.97. The van der Waals surface area contributed by atoms with Gasteiger partial charge in [-0.2, -0.15) is 5.10 Å². The number of carbonyl (C=O) groups is 1. The van der Waals surface area contributed by atoms with Crippen molar-refractivity contribution in [3.8, 4) is 0 Å². The van der Waals surface area contributed by atoms with E-state index in [9.17, 15) is 4.79 Å². The van der Waals surface area contributed by atoms with Gasteiger partial charge in [-0.3, -0.25) is 10.00 Å². The number of nitrogens with zero attached hydrogens (tertiary/aromatic N) is 2. The predicted octanol–water partition coefficient (Wildman–Crippen LogP) is 2.48. The van der Waals surface area contributed by atoms with Gasteiger partial charge in [-0.25, -0.2) is 4.79 Å². The van der Waals surface area contributed by atoms with Gasteiger partial charge in [-0.1, -0.05) is 30.3 Å². The number of hydrogen-bond acceptors (Lipinski definition) is 3. The molecule has 0 saturated carbocycles. The number of nitrogens with one attached hydrogen (secondary N) is 2. The molecule has 0 radical (unpaired) electrons. The lowest BCUT2D eigenvalue weighted by Crippen LogP contribution is -2.30. The summed E-state index contributed by atoms with van der Waals surface area (Å²) in [4.78, 5) is 11.7. The maximum absolute atomic E-state index is 11.7. The standard InChI is InChI=1S/C16H22N4O2/c1-2-22-12-6-10-17-16(21)18-15-9-11-20(19-15)13-14-7-4-3-5-8-14/h3-5,7-9,11H,2,6,10,12-13H2,1H3,(H2,17,18,19,21). The number of carbonyl (C=O) groups excluding carboxylic acids is 1. The number of benzene rings is 1. The molecule has 1 heterocycles. The van der Waals surface area contributed by atoms with Gasteiger partial charge in [0, 0.05) is 32.0 Å². The van der Waals surface area contributed by atoms with E-state index in [1.165, 1.54) is 0 Å². The summed E-state index contributed by atoms with van der Waals surface area (Å²) in [5, 5.41) is 9.81. The van der Waals surface area contributed by atoms with Gasteiger partial charge in [0.15, 0.2) is 5.82 Å². The summed E-state index contributed by atoms with van der Waals surface area (Å²) in [7, 11) is 0. The summed E-state index contributed by atoms with van der Waals surface area (Å²) in [5.74, 6) is 0.540. The number of anilines is 1. The zero-order valence-corrected chi connectivity index (χ0v) is 12.8. The minimum atomic E-state index is -0.249. The smallest absolute Gasteiger partial charge is 0.320 e. The molecule has 0 aliphatic rings. The Bertz CT molecular complexity index is 569. The molecule has 0 aliphatic carbocycles. The van der Waals surface area contributed by atoms with Crippen LogP contribution in [0.25, 0.3) is 0 Å². The third-order valence-corrected chi connectivity index (χ3v) is 3.02. The lowest BCUT2D eigenvalue weighted by Gasteiger charge is -2.05. The van der Waals surface area contributed by atoms with Crippen LogP contribution in [0.4, 0.5) is 10.6 Å². The molecule has 2 aromatic rings. The van der Waals surface area contributed by atoms with E-state index in [4.69, 9.17) is 4.74 Å². The second-order valence-electron chi connectivity index (χ2n) is 4.82. The fourth-order valence-electron chi connectivity index (χ4n) is 1.97. The molecule has 0 spiro atoms. The Kier molecular flexibility index (Phi) is 6.44. The molecule has 0 bridgehead atoms. The largest absolute Gasteiger partial charge is 0.382 e. The number of aromatic nitrogens is 2. The van der Waals surface area contributed by atoms with Crippen molar-refractivity contribution in [2.24, 2.45) is 0 Å². The Balaban J connectivity index is 1.73. The van der Waals surface area contributed by atoms with Crippen molar-refractivity contribution < 1.29 is 9.53 Å². The van der Waals surface area contributed by atoms with Gasteiger partial charge in [-0.15, -0.1) is 0 Å². The van der Waals surface area contributed by atoms with Crippen LogP contribution >= 0.6 is 0 Å². The Hall–Kier alpha value is -2.34. The summed E-state index contributed by atoms with van der Waals surface area (Å²) in [6.07, 6.45) is 2.64. The van der Waals surface area contributed by atoms with Gasteiger partial charge >= 0.3 is 6.03 Å². The van der Waals surface area contributed by atoms with Crippen LogP contribution in [-0.2, 0) is 11.3 Å². The van der Waals surface area contributed by atoms with E-state index in [0.29, 0.717) is 32.1 Å². The maximum Gasteiger partial charge on any atom is 0.320 e. The molecular weight excluding hydrogens is 280 g/mol. The van der Waals surface area contributed by atoms with E-state index in [2.05, 4.69) is 15.7 Å². The molecule has 0 atom stereocenters. The second-order valence-corrected chi connectivity index (χ2v) is 4.82. The number of amides is 2. The SMILES string of the molecule is CCOCCCNC(=O)Nc1ccn(Cc2ccccc2)n1. The average Bonchev–Trinajstić information content (AvgIpc) is 2.95. The first-order valence-electron chi connectivity index (χ1n) is 7.48. The maximum atomic E-state index is 11.7. The van der Waals surface area contributed by atoms with Crippen molar-refractivity contribution >= 4 is 11.8 Å². The van der Waals surface area contributed by atoms with E-state index in [0.717, 1.165) is 12.0 Å². The summed E-state index contributed by atoms with van der Waals surface area (Å²) < 4.78 is 7.00. The molecule has 6 heteroatoms. The molecule has 0 unspecified atom stereocenters. The number of rotatable bonds is 8. The van der Waals surface area contributed by atoms with Crippen molar-refractivity contribution in [3.05, 3.63) is 48.2 Å². The minimum Gasteiger partial charge on any atom is -0.382 e. The van der Waals surface area contributed by atoms with E-state index in [-0.39, 0.29) is 6.03 Å². The Morgan fingerprint density at radius 1 is 1.27 bits per heavy atom. The number of urea groups is 1. The molecule has 22 heavy (non-hydrogen) atoms. The van der Waals surface area contributed by atoms with Crippen molar-refractivity contribution in [2.75, 3.05) is 25.1 Å². The molecule has 0 fully saturated rings. The van der Waals surface area contributed by atoms with Crippen molar-refractivity contribution in [1.29, 1.82) is 0 Å². The molecule has 2 rings (SSSR count). The molecule has 2 amide bonds. The van der Waals surface area contributed by atoms with Crippen molar-refractivity contribution in [1.82, 2.24) is 15.1 Å². The first-order valence-corrected chi connectivity index (χ1v) is 7.48. The van der Waals surface area contributed by atoms with Gasteiger partial charge in [0.05, 0.1) is 6.54 Å². The first kappa shape index (κ1) is 16.0. The Morgan fingerprint density at radius 3 is 2.86 bits per heavy atom. The van der Waals surface area contributed by atoms with Crippen LogP contribution < -0.4 is 10.6 Å².